The van der Waals surface area contributed by atoms with Crippen molar-refractivity contribution in [1.82, 2.24) is 4.72 Å². The summed E-state index contributed by atoms with van der Waals surface area (Å²) < 4.78 is 32.3. The molecule has 0 atom stereocenters. The van der Waals surface area contributed by atoms with Gasteiger partial charge in [-0.2, -0.15) is 0 Å². The maximum Gasteiger partial charge on any atom is 0.221 e. The van der Waals surface area contributed by atoms with Crippen molar-refractivity contribution in [3.05, 3.63) is 65.7 Å². The summed E-state index contributed by atoms with van der Waals surface area (Å²) in [4.78, 5) is 0. The molecule has 0 aliphatic heterocycles. The van der Waals surface area contributed by atoms with Crippen molar-refractivity contribution in [1.29, 1.82) is 0 Å². The van der Waals surface area contributed by atoms with Crippen LogP contribution >= 0.6 is 0 Å². The molecule has 0 saturated heterocycles. The lowest BCUT2D eigenvalue weighted by molar-refractivity contribution is 0.306. The quantitative estimate of drug-likeness (QED) is 0.789. The molecule has 5 heteroatoms. The lowest BCUT2D eigenvalue weighted by Crippen LogP contribution is -2.39. The summed E-state index contributed by atoms with van der Waals surface area (Å²) in [6.07, 6.45) is 0.765. The molecule has 0 saturated carbocycles. The van der Waals surface area contributed by atoms with Gasteiger partial charge in [0.15, 0.2) is 0 Å². The van der Waals surface area contributed by atoms with Crippen molar-refractivity contribution in [3.63, 3.8) is 0 Å². The summed E-state index contributed by atoms with van der Waals surface area (Å²) in [5.41, 5.74) is 1.83. The van der Waals surface area contributed by atoms with Crippen LogP contribution in [0, 0.1) is 0 Å². The van der Waals surface area contributed by atoms with Crippen LogP contribution < -0.4 is 9.46 Å². The topological polar surface area (TPSA) is 55.4 Å². The molecular formula is C19H25NO3S. The highest BCUT2D eigenvalue weighted by atomic mass is 32.2. The van der Waals surface area contributed by atoms with Gasteiger partial charge in [0.2, 0.25) is 10.0 Å². The van der Waals surface area contributed by atoms with E-state index in [1.54, 1.807) is 13.8 Å². The van der Waals surface area contributed by atoms with Gasteiger partial charge in [0.05, 0.1) is 0 Å². The van der Waals surface area contributed by atoms with E-state index in [9.17, 15) is 8.42 Å². The van der Waals surface area contributed by atoms with E-state index in [0.717, 1.165) is 23.3 Å². The Morgan fingerprint density at radius 1 is 1.00 bits per heavy atom. The second kappa shape index (κ2) is 7.81. The minimum atomic E-state index is -3.43. The first-order valence-corrected chi connectivity index (χ1v) is 9.61. The molecule has 24 heavy (non-hydrogen) atoms. The van der Waals surface area contributed by atoms with Crippen molar-refractivity contribution in [2.75, 3.05) is 6.54 Å². The zero-order valence-electron chi connectivity index (χ0n) is 14.5. The smallest absolute Gasteiger partial charge is 0.221 e. The highest BCUT2D eigenvalue weighted by Crippen LogP contribution is 2.30. The Labute approximate surface area is 144 Å². The highest BCUT2D eigenvalue weighted by molar-refractivity contribution is 7.90. The maximum atomic E-state index is 12.5. The van der Waals surface area contributed by atoms with Crippen LogP contribution in [0.25, 0.3) is 0 Å². The molecule has 0 aromatic heterocycles. The fourth-order valence-corrected chi connectivity index (χ4v) is 3.55. The Balaban J connectivity index is 2.08. The van der Waals surface area contributed by atoms with E-state index >= 15 is 0 Å². The number of hydrogen-bond donors (Lipinski definition) is 1. The Morgan fingerprint density at radius 2 is 1.62 bits per heavy atom. The number of nitrogens with one attached hydrogen (secondary N) is 1. The molecule has 2 aromatic carbocycles. The molecule has 130 valence electrons. The van der Waals surface area contributed by atoms with Crippen LogP contribution in [0.4, 0.5) is 0 Å². The molecule has 0 aliphatic carbocycles. The van der Waals surface area contributed by atoms with Crippen molar-refractivity contribution >= 4 is 10.0 Å². The summed E-state index contributed by atoms with van der Waals surface area (Å²) in [5, 5.41) is 0. The Bertz CT molecular complexity index is 738. The van der Waals surface area contributed by atoms with Gasteiger partial charge in [0.1, 0.15) is 17.1 Å². The van der Waals surface area contributed by atoms with Gasteiger partial charge in [0.25, 0.3) is 0 Å². The van der Waals surface area contributed by atoms with E-state index in [2.05, 4.69) is 4.72 Å². The van der Waals surface area contributed by atoms with Crippen LogP contribution in [-0.4, -0.2) is 15.0 Å². The minimum Gasteiger partial charge on any atom is -0.489 e. The molecule has 4 nitrogen and oxygen atoms in total. The van der Waals surface area contributed by atoms with Gasteiger partial charge in [-0.3, -0.25) is 0 Å². The predicted octanol–water partition coefficient (Wildman–Crippen LogP) is 3.83. The van der Waals surface area contributed by atoms with Gasteiger partial charge < -0.3 is 4.74 Å². The first-order valence-electron chi connectivity index (χ1n) is 8.13. The second-order valence-electron chi connectivity index (χ2n) is 6.21. The molecule has 0 amide bonds. The van der Waals surface area contributed by atoms with E-state index in [-0.39, 0.29) is 0 Å². The third-order valence-electron chi connectivity index (χ3n) is 4.01. The van der Waals surface area contributed by atoms with E-state index in [1.807, 2.05) is 61.5 Å². The SMILES string of the molecule is CCCNS(=O)(=O)C(C)(C)c1ccc(OCc2ccccc2)cc1. The average molecular weight is 347 g/mol. The number of hydrogen-bond acceptors (Lipinski definition) is 3. The molecule has 2 rings (SSSR count). The van der Waals surface area contributed by atoms with Crippen LogP contribution in [0.2, 0.25) is 0 Å². The van der Waals surface area contributed by atoms with Crippen LogP contribution in [0.1, 0.15) is 38.3 Å². The normalized spacial score (nSPS) is 12.1. The van der Waals surface area contributed by atoms with Crippen LogP contribution in [0.3, 0.4) is 0 Å². The fraction of sp³-hybridized carbons (Fsp3) is 0.368. The van der Waals surface area contributed by atoms with Crippen LogP contribution in [-0.2, 0) is 21.4 Å². The van der Waals surface area contributed by atoms with Gasteiger partial charge in [-0.05, 0) is 43.5 Å². The lowest BCUT2D eigenvalue weighted by atomic mass is 10.0. The van der Waals surface area contributed by atoms with Gasteiger partial charge in [0, 0.05) is 6.54 Å². The number of benzene rings is 2. The third kappa shape index (κ3) is 4.36. The molecular weight excluding hydrogens is 322 g/mol. The van der Waals surface area contributed by atoms with Gasteiger partial charge in [-0.15, -0.1) is 0 Å². The zero-order valence-corrected chi connectivity index (χ0v) is 15.3. The Kier molecular flexibility index (Phi) is 6.02. The fourth-order valence-electron chi connectivity index (χ4n) is 2.27. The first kappa shape index (κ1) is 18.5. The summed E-state index contributed by atoms with van der Waals surface area (Å²) >= 11 is 0. The Morgan fingerprint density at radius 3 is 2.21 bits per heavy atom. The summed E-state index contributed by atoms with van der Waals surface area (Å²) in [7, 11) is -3.43. The summed E-state index contributed by atoms with van der Waals surface area (Å²) in [5.74, 6) is 0.720. The summed E-state index contributed by atoms with van der Waals surface area (Å²) in [6.45, 7) is 6.30. The molecule has 0 unspecified atom stereocenters. The van der Waals surface area contributed by atoms with E-state index in [1.165, 1.54) is 0 Å². The van der Waals surface area contributed by atoms with Crippen molar-refractivity contribution < 1.29 is 13.2 Å². The van der Waals surface area contributed by atoms with Gasteiger partial charge in [-0.25, -0.2) is 13.1 Å². The lowest BCUT2D eigenvalue weighted by Gasteiger charge is -2.25. The molecule has 0 spiro atoms. The van der Waals surface area contributed by atoms with E-state index in [4.69, 9.17) is 4.74 Å². The largest absolute Gasteiger partial charge is 0.489 e. The molecule has 0 bridgehead atoms. The van der Waals surface area contributed by atoms with E-state index in [0.29, 0.717) is 13.2 Å². The van der Waals surface area contributed by atoms with E-state index < -0.39 is 14.8 Å². The molecule has 1 N–H and O–H groups in total. The first-order chi connectivity index (χ1) is 11.4. The molecule has 0 fully saturated rings. The number of sulfonamides is 1. The van der Waals surface area contributed by atoms with Crippen LogP contribution in [0.5, 0.6) is 5.75 Å². The minimum absolute atomic E-state index is 0.448. The predicted molar refractivity (Wildman–Crippen MR) is 97.5 cm³/mol. The third-order valence-corrected chi connectivity index (χ3v) is 6.18. The van der Waals surface area contributed by atoms with Gasteiger partial charge in [-0.1, -0.05) is 49.4 Å². The molecule has 0 heterocycles. The second-order valence-corrected chi connectivity index (χ2v) is 8.52. The maximum absolute atomic E-state index is 12.5. The van der Waals surface area contributed by atoms with Crippen molar-refractivity contribution in [2.45, 2.75) is 38.5 Å². The van der Waals surface area contributed by atoms with Crippen LogP contribution in [0.15, 0.2) is 54.6 Å². The monoisotopic (exact) mass is 347 g/mol. The van der Waals surface area contributed by atoms with Crippen molar-refractivity contribution in [2.24, 2.45) is 0 Å². The number of ether oxygens (including phenoxy) is 1. The standard InChI is InChI=1S/C19H25NO3S/c1-4-14-20-24(21,22)19(2,3)17-10-12-18(13-11-17)23-15-16-8-6-5-7-9-16/h5-13,20H,4,14-15H2,1-3H3. The number of rotatable bonds is 8. The Hall–Kier alpha value is -1.85. The average Bonchev–Trinajstić information content (AvgIpc) is 2.59. The molecule has 0 aliphatic rings. The zero-order chi connectivity index (χ0) is 17.6. The molecule has 0 radical (unpaired) electrons. The van der Waals surface area contributed by atoms with Crippen molar-refractivity contribution in [3.8, 4) is 5.75 Å². The molecule has 2 aromatic rings. The highest BCUT2D eigenvalue weighted by Gasteiger charge is 2.35. The summed E-state index contributed by atoms with van der Waals surface area (Å²) in [6, 6.07) is 17.2. The van der Waals surface area contributed by atoms with Gasteiger partial charge >= 0.3 is 0 Å².